The predicted octanol–water partition coefficient (Wildman–Crippen LogP) is 1.58. The molecule has 2 aliphatic rings. The molecule has 2 amide bonds. The summed E-state index contributed by atoms with van der Waals surface area (Å²) >= 11 is 0. The Balaban J connectivity index is 2.10. The van der Waals surface area contributed by atoms with Gasteiger partial charge in [-0.3, -0.25) is 0 Å². The van der Waals surface area contributed by atoms with Gasteiger partial charge in [-0.2, -0.15) is 13.2 Å². The van der Waals surface area contributed by atoms with E-state index >= 15 is 0 Å². The highest BCUT2D eigenvalue weighted by atomic mass is 32.2. The van der Waals surface area contributed by atoms with Crippen molar-refractivity contribution in [2.75, 3.05) is 19.3 Å². The lowest BCUT2D eigenvalue weighted by molar-refractivity contribution is -0.191. The van der Waals surface area contributed by atoms with Gasteiger partial charge in [0.05, 0.1) is 5.75 Å². The summed E-state index contributed by atoms with van der Waals surface area (Å²) in [6.07, 6.45) is -2.89. The van der Waals surface area contributed by atoms with Crippen molar-refractivity contribution in [2.45, 2.75) is 56.3 Å². The van der Waals surface area contributed by atoms with Crippen LogP contribution < -0.4 is 10.0 Å². The number of hydrogen-bond donors (Lipinski definition) is 2. The van der Waals surface area contributed by atoms with E-state index in [0.717, 1.165) is 0 Å². The maximum Gasteiger partial charge on any atom is 0.411 e. The molecular weight excluding hydrogens is 335 g/mol. The van der Waals surface area contributed by atoms with Gasteiger partial charge in [-0.1, -0.05) is 12.8 Å². The number of hydrogen-bond acceptors (Lipinski definition) is 3. The van der Waals surface area contributed by atoms with E-state index in [1.54, 1.807) is 0 Å². The maximum absolute atomic E-state index is 13.3. The lowest BCUT2D eigenvalue weighted by Gasteiger charge is -2.35. The number of carbonyl (C=O) groups excluding carboxylic acids is 1. The fraction of sp³-hybridized carbons (Fsp3) is 0.923. The fourth-order valence-corrected chi connectivity index (χ4v) is 4.37. The average molecular weight is 357 g/mol. The van der Waals surface area contributed by atoms with Crippen LogP contribution in [0.15, 0.2) is 0 Å². The Labute approximate surface area is 133 Å². The molecule has 0 radical (unpaired) electrons. The minimum Gasteiger partial charge on any atom is -0.323 e. The Morgan fingerprint density at radius 1 is 1.26 bits per heavy atom. The van der Waals surface area contributed by atoms with Crippen molar-refractivity contribution < 1.29 is 26.4 Å². The zero-order valence-electron chi connectivity index (χ0n) is 12.9. The van der Waals surface area contributed by atoms with Gasteiger partial charge in [-0.05, 0) is 32.7 Å². The number of rotatable bonds is 4. The molecule has 1 saturated heterocycles. The third kappa shape index (κ3) is 3.90. The van der Waals surface area contributed by atoms with Crippen molar-refractivity contribution in [3.8, 4) is 0 Å². The SMILES string of the molecule is CNS(=O)(=O)CC1CCCN1C(=O)NC1(C(F)(F)F)CCCC1. The quantitative estimate of drug-likeness (QED) is 0.802. The summed E-state index contributed by atoms with van der Waals surface area (Å²) in [5.41, 5.74) is -2.18. The number of amides is 2. The molecule has 0 aromatic heterocycles. The van der Waals surface area contributed by atoms with Gasteiger partial charge in [0.1, 0.15) is 5.54 Å². The van der Waals surface area contributed by atoms with E-state index < -0.39 is 33.8 Å². The molecule has 0 aromatic carbocycles. The first-order valence-electron chi connectivity index (χ1n) is 7.67. The Kier molecular flexibility index (Phi) is 5.15. The summed E-state index contributed by atoms with van der Waals surface area (Å²) in [6.45, 7) is 0.268. The smallest absolute Gasteiger partial charge is 0.323 e. The van der Waals surface area contributed by atoms with Crippen LogP contribution >= 0.6 is 0 Å². The molecule has 1 atom stereocenters. The average Bonchev–Trinajstić information content (AvgIpc) is 3.07. The summed E-state index contributed by atoms with van der Waals surface area (Å²) in [5, 5.41) is 2.15. The van der Waals surface area contributed by atoms with E-state index in [9.17, 15) is 26.4 Å². The highest BCUT2D eigenvalue weighted by Crippen LogP contribution is 2.43. The summed E-state index contributed by atoms with van der Waals surface area (Å²) in [6, 6.07) is -1.42. The standard InChI is InChI=1S/C13H22F3N3O3S/c1-17-23(21,22)9-10-5-4-8-19(10)11(20)18-12(13(14,15)16)6-2-3-7-12/h10,17H,2-9H2,1H3,(H,18,20). The van der Waals surface area contributed by atoms with Crippen molar-refractivity contribution in [1.82, 2.24) is 14.9 Å². The Morgan fingerprint density at radius 3 is 2.39 bits per heavy atom. The third-order valence-corrected chi connectivity index (χ3v) is 6.15. The molecule has 0 bridgehead atoms. The summed E-state index contributed by atoms with van der Waals surface area (Å²) in [7, 11) is -2.26. The van der Waals surface area contributed by atoms with Crippen LogP contribution in [0.1, 0.15) is 38.5 Å². The molecule has 6 nitrogen and oxygen atoms in total. The van der Waals surface area contributed by atoms with Gasteiger partial charge in [0.2, 0.25) is 10.0 Å². The van der Waals surface area contributed by atoms with Gasteiger partial charge >= 0.3 is 12.2 Å². The van der Waals surface area contributed by atoms with Gasteiger partial charge in [0, 0.05) is 12.6 Å². The zero-order valence-corrected chi connectivity index (χ0v) is 13.8. The fourth-order valence-electron chi connectivity index (χ4n) is 3.35. The minimum atomic E-state index is -4.51. The van der Waals surface area contributed by atoms with Gasteiger partial charge in [0.15, 0.2) is 0 Å². The number of halogens is 3. The first kappa shape index (κ1) is 18.3. The number of urea groups is 1. The number of sulfonamides is 1. The molecule has 2 fully saturated rings. The maximum atomic E-state index is 13.3. The number of carbonyl (C=O) groups is 1. The van der Waals surface area contributed by atoms with Crippen LogP contribution in [0, 0.1) is 0 Å². The van der Waals surface area contributed by atoms with Crippen LogP contribution in [-0.2, 0) is 10.0 Å². The van der Waals surface area contributed by atoms with Gasteiger partial charge in [0.25, 0.3) is 0 Å². The first-order valence-corrected chi connectivity index (χ1v) is 9.32. The Morgan fingerprint density at radius 2 is 1.87 bits per heavy atom. The van der Waals surface area contributed by atoms with Crippen LogP contribution in [-0.4, -0.2) is 56.5 Å². The lowest BCUT2D eigenvalue weighted by Crippen LogP contribution is -2.60. The van der Waals surface area contributed by atoms with Crippen LogP contribution in [0.2, 0.25) is 0 Å². The molecule has 10 heteroatoms. The Bertz CT molecular complexity index is 544. The third-order valence-electron chi connectivity index (χ3n) is 4.71. The second-order valence-electron chi connectivity index (χ2n) is 6.19. The lowest BCUT2D eigenvalue weighted by atomic mass is 9.97. The van der Waals surface area contributed by atoms with E-state index in [4.69, 9.17) is 0 Å². The number of nitrogens with one attached hydrogen (secondary N) is 2. The van der Waals surface area contributed by atoms with E-state index in [1.165, 1.54) is 11.9 Å². The molecule has 1 saturated carbocycles. The van der Waals surface area contributed by atoms with Crippen molar-refractivity contribution in [3.05, 3.63) is 0 Å². The summed E-state index contributed by atoms with van der Waals surface area (Å²) < 4.78 is 65.5. The molecule has 2 N–H and O–H groups in total. The van der Waals surface area contributed by atoms with Crippen LogP contribution in [0.4, 0.5) is 18.0 Å². The zero-order chi connectivity index (χ0) is 17.3. The molecule has 0 spiro atoms. The van der Waals surface area contributed by atoms with Gasteiger partial charge in [-0.15, -0.1) is 0 Å². The molecule has 23 heavy (non-hydrogen) atoms. The second-order valence-corrected chi connectivity index (χ2v) is 8.16. The van der Waals surface area contributed by atoms with E-state index in [1.807, 2.05) is 0 Å². The largest absolute Gasteiger partial charge is 0.411 e. The van der Waals surface area contributed by atoms with E-state index in [0.29, 0.717) is 25.7 Å². The molecule has 1 aliphatic carbocycles. The molecule has 1 aliphatic heterocycles. The van der Waals surface area contributed by atoms with E-state index in [-0.39, 0.29) is 25.1 Å². The molecule has 1 unspecified atom stereocenters. The minimum absolute atomic E-state index is 0.129. The van der Waals surface area contributed by atoms with Crippen LogP contribution in [0.25, 0.3) is 0 Å². The van der Waals surface area contributed by atoms with Crippen LogP contribution in [0.3, 0.4) is 0 Å². The van der Waals surface area contributed by atoms with Crippen molar-refractivity contribution in [2.24, 2.45) is 0 Å². The molecular formula is C13H22F3N3O3S. The first-order chi connectivity index (χ1) is 10.6. The molecule has 2 rings (SSSR count). The summed E-state index contributed by atoms with van der Waals surface area (Å²) in [4.78, 5) is 13.6. The number of likely N-dealkylation sites (tertiary alicyclic amines) is 1. The van der Waals surface area contributed by atoms with Gasteiger partial charge < -0.3 is 10.2 Å². The normalized spacial score (nSPS) is 24.9. The molecule has 134 valence electrons. The molecule has 1 heterocycles. The number of nitrogens with zero attached hydrogens (tertiary/aromatic N) is 1. The van der Waals surface area contributed by atoms with Crippen LogP contribution in [0.5, 0.6) is 0 Å². The topological polar surface area (TPSA) is 78.5 Å². The van der Waals surface area contributed by atoms with E-state index in [2.05, 4.69) is 10.0 Å². The number of alkyl halides is 3. The van der Waals surface area contributed by atoms with Crippen molar-refractivity contribution in [3.63, 3.8) is 0 Å². The second kappa shape index (κ2) is 6.46. The van der Waals surface area contributed by atoms with Crippen molar-refractivity contribution in [1.29, 1.82) is 0 Å². The monoisotopic (exact) mass is 357 g/mol. The Hall–Kier alpha value is -1.03. The molecule has 0 aromatic rings. The predicted molar refractivity (Wildman–Crippen MR) is 78.4 cm³/mol. The summed E-state index contributed by atoms with van der Waals surface area (Å²) in [5.74, 6) is -0.296. The highest BCUT2D eigenvalue weighted by Gasteiger charge is 2.57. The van der Waals surface area contributed by atoms with Gasteiger partial charge in [-0.25, -0.2) is 17.9 Å². The highest BCUT2D eigenvalue weighted by molar-refractivity contribution is 7.89. The van der Waals surface area contributed by atoms with Crippen molar-refractivity contribution >= 4 is 16.1 Å².